The van der Waals surface area contributed by atoms with Gasteiger partial charge in [-0.3, -0.25) is 4.79 Å². The maximum Gasteiger partial charge on any atom is 0.349 e. The van der Waals surface area contributed by atoms with E-state index in [0.717, 1.165) is 0 Å². The number of ether oxygens (including phenoxy) is 1. The molecule has 128 valence electrons. The van der Waals surface area contributed by atoms with Crippen molar-refractivity contribution in [3.63, 3.8) is 0 Å². The van der Waals surface area contributed by atoms with E-state index in [1.54, 1.807) is 37.3 Å². The van der Waals surface area contributed by atoms with Gasteiger partial charge in [0.15, 0.2) is 11.6 Å². The third-order valence-corrected chi connectivity index (χ3v) is 3.64. The molecule has 0 radical (unpaired) electrons. The normalized spacial score (nSPS) is 10.6. The van der Waals surface area contributed by atoms with Gasteiger partial charge in [-0.25, -0.2) is 9.18 Å². The van der Waals surface area contributed by atoms with Crippen LogP contribution in [-0.2, 0) is 6.54 Å². The molecule has 0 atom stereocenters. The van der Waals surface area contributed by atoms with E-state index in [4.69, 9.17) is 9.15 Å². The van der Waals surface area contributed by atoms with Gasteiger partial charge in [0, 0.05) is 11.9 Å². The second-order valence-corrected chi connectivity index (χ2v) is 5.37. The molecule has 0 aliphatic heterocycles. The van der Waals surface area contributed by atoms with Crippen molar-refractivity contribution in [2.24, 2.45) is 0 Å². The molecule has 1 heterocycles. The van der Waals surface area contributed by atoms with Gasteiger partial charge in [-0.15, -0.1) is 0 Å². The summed E-state index contributed by atoms with van der Waals surface area (Å²) in [5, 5.41) is 3.25. The summed E-state index contributed by atoms with van der Waals surface area (Å²) in [4.78, 5) is 24.2. The van der Waals surface area contributed by atoms with Crippen LogP contribution in [0.5, 0.6) is 5.75 Å². The number of para-hydroxylation sites is 1. The number of fused-ring (bicyclic) bond motifs is 1. The quantitative estimate of drug-likeness (QED) is 0.723. The summed E-state index contributed by atoms with van der Waals surface area (Å²) in [5.41, 5.74) is 0.163. The summed E-state index contributed by atoms with van der Waals surface area (Å²) in [6, 6.07) is 12.8. The minimum atomic E-state index is -0.714. The monoisotopic (exact) mass is 341 g/mol. The van der Waals surface area contributed by atoms with Crippen molar-refractivity contribution in [1.29, 1.82) is 0 Å². The van der Waals surface area contributed by atoms with Crippen LogP contribution in [0.4, 0.5) is 4.39 Å². The topological polar surface area (TPSA) is 68.5 Å². The fraction of sp³-hybridized carbons (Fsp3) is 0.158. The molecule has 1 N–H and O–H groups in total. The van der Waals surface area contributed by atoms with Gasteiger partial charge in [-0.2, -0.15) is 0 Å². The maximum absolute atomic E-state index is 13.8. The summed E-state index contributed by atoms with van der Waals surface area (Å²) in [6.07, 6.45) is 0. The Balaban J connectivity index is 1.76. The highest BCUT2D eigenvalue weighted by Crippen LogP contribution is 2.18. The van der Waals surface area contributed by atoms with Gasteiger partial charge < -0.3 is 14.5 Å². The van der Waals surface area contributed by atoms with E-state index in [2.05, 4.69) is 5.32 Å². The van der Waals surface area contributed by atoms with Gasteiger partial charge in [0.1, 0.15) is 11.1 Å². The third-order valence-electron chi connectivity index (χ3n) is 3.64. The Bertz CT molecular complexity index is 981. The molecule has 3 rings (SSSR count). The number of nitrogens with one attached hydrogen (secondary N) is 1. The zero-order valence-electron chi connectivity index (χ0n) is 13.5. The molecule has 1 amide bonds. The molecule has 25 heavy (non-hydrogen) atoms. The number of carbonyl (C=O) groups excluding carboxylic acids is 1. The van der Waals surface area contributed by atoms with Crippen molar-refractivity contribution in [2.75, 3.05) is 6.61 Å². The van der Waals surface area contributed by atoms with Gasteiger partial charge in [0.2, 0.25) is 0 Å². The second kappa shape index (κ2) is 7.17. The van der Waals surface area contributed by atoms with Crippen molar-refractivity contribution in [3.8, 4) is 5.75 Å². The van der Waals surface area contributed by atoms with Gasteiger partial charge >= 0.3 is 5.63 Å². The molecular formula is C19H16FNO4. The van der Waals surface area contributed by atoms with E-state index in [9.17, 15) is 14.0 Å². The number of rotatable bonds is 5. The van der Waals surface area contributed by atoms with Gasteiger partial charge in [-0.05, 0) is 36.8 Å². The van der Waals surface area contributed by atoms with Crippen LogP contribution in [0.2, 0.25) is 0 Å². The predicted molar refractivity (Wildman–Crippen MR) is 91.2 cm³/mol. The summed E-state index contributed by atoms with van der Waals surface area (Å²) in [7, 11) is 0. The highest BCUT2D eigenvalue weighted by molar-refractivity contribution is 5.96. The molecule has 3 aromatic rings. The molecule has 0 spiro atoms. The second-order valence-electron chi connectivity index (χ2n) is 5.37. The largest absolute Gasteiger partial charge is 0.491 e. The first-order valence-electron chi connectivity index (χ1n) is 7.81. The molecule has 2 aromatic carbocycles. The molecule has 6 heteroatoms. The highest BCUT2D eigenvalue weighted by Gasteiger charge is 2.14. The zero-order valence-corrected chi connectivity index (χ0v) is 13.5. The van der Waals surface area contributed by atoms with E-state index in [1.165, 1.54) is 18.2 Å². The maximum atomic E-state index is 13.8. The standard InChI is InChI=1S/C19H16FNO4/c1-2-24-17-8-7-12(9-15(17)20)11-21-18(22)14-10-13-5-3-4-6-16(13)25-19(14)23/h3-10H,2,11H2,1H3,(H,21,22). The lowest BCUT2D eigenvalue weighted by Gasteiger charge is -2.08. The highest BCUT2D eigenvalue weighted by atomic mass is 19.1. The van der Waals surface area contributed by atoms with E-state index in [-0.39, 0.29) is 17.9 Å². The Morgan fingerprint density at radius 1 is 1.20 bits per heavy atom. The van der Waals surface area contributed by atoms with Gasteiger partial charge in [0.25, 0.3) is 5.91 Å². The molecule has 0 fully saturated rings. The van der Waals surface area contributed by atoms with E-state index >= 15 is 0 Å². The molecule has 1 aromatic heterocycles. The lowest BCUT2D eigenvalue weighted by molar-refractivity contribution is 0.0947. The lowest BCUT2D eigenvalue weighted by atomic mass is 10.1. The van der Waals surface area contributed by atoms with E-state index < -0.39 is 17.3 Å². The smallest absolute Gasteiger partial charge is 0.349 e. The number of amides is 1. The fourth-order valence-corrected chi connectivity index (χ4v) is 2.42. The summed E-state index contributed by atoms with van der Waals surface area (Å²) >= 11 is 0. The molecule has 0 saturated heterocycles. The van der Waals surface area contributed by atoms with Crippen LogP contribution in [0, 0.1) is 5.82 Å². The minimum absolute atomic E-state index is 0.0778. The molecule has 0 aliphatic rings. The molecule has 0 aliphatic carbocycles. The zero-order chi connectivity index (χ0) is 17.8. The molecule has 0 bridgehead atoms. The van der Waals surface area contributed by atoms with Crippen LogP contribution < -0.4 is 15.7 Å². The Hall–Kier alpha value is -3.15. The third kappa shape index (κ3) is 3.68. The molecular weight excluding hydrogens is 325 g/mol. The Morgan fingerprint density at radius 3 is 2.76 bits per heavy atom. The SMILES string of the molecule is CCOc1ccc(CNC(=O)c2cc3ccccc3oc2=O)cc1F. The number of halogens is 1. The van der Waals surface area contributed by atoms with Gasteiger partial charge in [0.05, 0.1) is 6.61 Å². The summed E-state index contributed by atoms with van der Waals surface area (Å²) in [6.45, 7) is 2.21. The summed E-state index contributed by atoms with van der Waals surface area (Å²) < 4.78 is 24.1. The number of hydrogen-bond acceptors (Lipinski definition) is 4. The minimum Gasteiger partial charge on any atom is -0.491 e. The van der Waals surface area contributed by atoms with Crippen molar-refractivity contribution >= 4 is 16.9 Å². The molecule has 0 saturated carbocycles. The van der Waals surface area contributed by atoms with E-state index in [0.29, 0.717) is 23.1 Å². The average Bonchev–Trinajstić information content (AvgIpc) is 2.61. The average molecular weight is 341 g/mol. The van der Waals surface area contributed by atoms with Crippen LogP contribution in [0.15, 0.2) is 57.7 Å². The van der Waals surface area contributed by atoms with Crippen molar-refractivity contribution < 1.29 is 18.3 Å². The van der Waals surface area contributed by atoms with Crippen LogP contribution in [-0.4, -0.2) is 12.5 Å². The van der Waals surface area contributed by atoms with Crippen molar-refractivity contribution in [3.05, 3.63) is 75.9 Å². The van der Waals surface area contributed by atoms with Crippen LogP contribution in [0.3, 0.4) is 0 Å². The fourth-order valence-electron chi connectivity index (χ4n) is 2.42. The van der Waals surface area contributed by atoms with Crippen molar-refractivity contribution in [2.45, 2.75) is 13.5 Å². The molecule has 0 unspecified atom stereocenters. The first-order valence-corrected chi connectivity index (χ1v) is 7.81. The lowest BCUT2D eigenvalue weighted by Crippen LogP contribution is -2.27. The predicted octanol–water partition coefficient (Wildman–Crippen LogP) is 3.26. The Labute approximate surface area is 143 Å². The first kappa shape index (κ1) is 16.7. The van der Waals surface area contributed by atoms with Crippen LogP contribution in [0.1, 0.15) is 22.8 Å². The molecule has 5 nitrogen and oxygen atoms in total. The Morgan fingerprint density at radius 2 is 2.00 bits per heavy atom. The van der Waals surface area contributed by atoms with Gasteiger partial charge in [-0.1, -0.05) is 24.3 Å². The number of carbonyl (C=O) groups is 1. The van der Waals surface area contributed by atoms with Crippen molar-refractivity contribution in [1.82, 2.24) is 5.32 Å². The number of benzene rings is 2. The van der Waals surface area contributed by atoms with Crippen LogP contribution >= 0.6 is 0 Å². The first-order chi connectivity index (χ1) is 12.1. The van der Waals surface area contributed by atoms with E-state index in [1.807, 2.05) is 0 Å². The summed E-state index contributed by atoms with van der Waals surface area (Å²) in [5.74, 6) is -0.916. The number of hydrogen-bond donors (Lipinski definition) is 1. The van der Waals surface area contributed by atoms with Crippen LogP contribution in [0.25, 0.3) is 11.0 Å². The Kier molecular flexibility index (Phi) is 4.79.